The Morgan fingerprint density at radius 3 is 1.52 bits per heavy atom. The van der Waals surface area contributed by atoms with E-state index in [1.165, 1.54) is 70.6 Å². The molecule has 0 aliphatic heterocycles. The molecule has 0 aliphatic rings. The van der Waals surface area contributed by atoms with Crippen LogP contribution in [0.4, 0.5) is 0 Å². The smallest absolute Gasteiger partial charge is 0.138 e. The molecular weight excluding hydrogens is 308 g/mol. The number of hydrogen-bond acceptors (Lipinski definition) is 2. The molecule has 0 radical (unpaired) electrons. The fourth-order valence-corrected chi connectivity index (χ4v) is 3.07. The number of phenolic OH excluding ortho intramolecular Hbond substituents is 2. The van der Waals surface area contributed by atoms with E-state index in [0.29, 0.717) is 0 Å². The van der Waals surface area contributed by atoms with Gasteiger partial charge in [0, 0.05) is 0 Å². The Labute approximate surface area is 146 Å². The van der Waals surface area contributed by atoms with Crippen molar-refractivity contribution < 1.29 is 10.2 Å². The fraction of sp³-hybridized carbons (Fsp3) is 0.700. The molecule has 23 heavy (non-hydrogen) atoms. The number of aryl methyl sites for hydroxylation is 1. The number of rotatable bonds is 13. The highest BCUT2D eigenvalue weighted by Crippen LogP contribution is 2.34. The van der Waals surface area contributed by atoms with Crippen molar-refractivity contribution in [2.75, 3.05) is 0 Å². The average Bonchev–Trinajstić information content (AvgIpc) is 2.53. The highest BCUT2D eigenvalue weighted by molar-refractivity contribution is 6.33. The Bertz CT molecular complexity index is 409. The zero-order chi connectivity index (χ0) is 16.9. The van der Waals surface area contributed by atoms with Gasteiger partial charge in [0.15, 0.2) is 0 Å². The molecule has 0 bridgehead atoms. The third-order valence-electron chi connectivity index (χ3n) is 4.41. The molecule has 2 N–H and O–H groups in total. The van der Waals surface area contributed by atoms with Gasteiger partial charge in [-0.2, -0.15) is 0 Å². The Kier molecular flexibility index (Phi) is 11.0. The molecule has 0 spiro atoms. The van der Waals surface area contributed by atoms with Crippen LogP contribution in [0.3, 0.4) is 0 Å². The molecule has 0 atom stereocenters. The largest absolute Gasteiger partial charge is 0.506 e. The van der Waals surface area contributed by atoms with Crippen LogP contribution >= 0.6 is 11.6 Å². The molecule has 0 unspecified atom stereocenters. The number of hydrogen-bond donors (Lipinski definition) is 2. The van der Waals surface area contributed by atoms with E-state index in [-0.39, 0.29) is 16.5 Å². The van der Waals surface area contributed by atoms with Crippen LogP contribution in [0.2, 0.25) is 5.02 Å². The molecule has 1 aromatic carbocycles. The van der Waals surface area contributed by atoms with Gasteiger partial charge in [0.1, 0.15) is 16.5 Å². The number of benzene rings is 1. The molecule has 1 rings (SSSR count). The maximum Gasteiger partial charge on any atom is 0.138 e. The lowest BCUT2D eigenvalue weighted by molar-refractivity contribution is 0.449. The van der Waals surface area contributed by atoms with E-state index in [0.717, 1.165) is 18.4 Å². The van der Waals surface area contributed by atoms with Gasteiger partial charge in [-0.05, 0) is 30.5 Å². The predicted octanol–water partition coefficient (Wildman–Crippen LogP) is 6.99. The summed E-state index contributed by atoms with van der Waals surface area (Å²) in [5.74, 6) is -0.0544. The van der Waals surface area contributed by atoms with Crippen molar-refractivity contribution in [3.05, 3.63) is 22.7 Å². The lowest BCUT2D eigenvalue weighted by atomic mass is 10.0. The maximum absolute atomic E-state index is 9.58. The van der Waals surface area contributed by atoms with Crippen molar-refractivity contribution in [2.45, 2.75) is 90.4 Å². The quantitative estimate of drug-likeness (QED) is 0.380. The van der Waals surface area contributed by atoms with Crippen molar-refractivity contribution in [2.24, 2.45) is 0 Å². The molecule has 132 valence electrons. The second-order valence-corrected chi connectivity index (χ2v) is 6.97. The van der Waals surface area contributed by atoms with Gasteiger partial charge in [-0.25, -0.2) is 0 Å². The van der Waals surface area contributed by atoms with Crippen molar-refractivity contribution in [1.29, 1.82) is 0 Å². The van der Waals surface area contributed by atoms with E-state index in [1.54, 1.807) is 12.1 Å². The standard InChI is InChI=1S/C20H33ClO2/c1-2-3-4-5-6-7-8-9-10-11-12-13-14-17-15-18(22)20(21)19(23)16-17/h15-16,22-23H,2-14H2,1H3. The van der Waals surface area contributed by atoms with E-state index in [1.807, 2.05) is 0 Å². The summed E-state index contributed by atoms with van der Waals surface area (Å²) < 4.78 is 0. The van der Waals surface area contributed by atoms with Gasteiger partial charge in [-0.1, -0.05) is 89.2 Å². The van der Waals surface area contributed by atoms with E-state index >= 15 is 0 Å². The summed E-state index contributed by atoms with van der Waals surface area (Å²) in [5, 5.41) is 19.2. The van der Waals surface area contributed by atoms with E-state index in [2.05, 4.69) is 6.92 Å². The summed E-state index contributed by atoms with van der Waals surface area (Å²) >= 11 is 5.73. The molecule has 1 aromatic rings. The molecule has 0 heterocycles. The monoisotopic (exact) mass is 340 g/mol. The number of phenols is 2. The number of halogens is 1. The fourth-order valence-electron chi connectivity index (χ4n) is 2.97. The lowest BCUT2D eigenvalue weighted by Crippen LogP contribution is -1.87. The van der Waals surface area contributed by atoms with Crippen LogP contribution in [0.5, 0.6) is 11.5 Å². The molecule has 0 amide bonds. The molecule has 0 saturated heterocycles. The molecule has 0 saturated carbocycles. The Morgan fingerprint density at radius 1 is 0.696 bits per heavy atom. The second kappa shape index (κ2) is 12.5. The van der Waals surface area contributed by atoms with Gasteiger partial charge >= 0.3 is 0 Å². The highest BCUT2D eigenvalue weighted by Gasteiger charge is 2.06. The molecule has 2 nitrogen and oxygen atoms in total. The van der Waals surface area contributed by atoms with Crippen LogP contribution in [0.1, 0.15) is 89.5 Å². The first kappa shape index (κ1) is 20.2. The van der Waals surface area contributed by atoms with Crippen molar-refractivity contribution >= 4 is 11.6 Å². The van der Waals surface area contributed by atoms with Gasteiger partial charge in [-0.3, -0.25) is 0 Å². The Hall–Kier alpha value is -0.890. The van der Waals surface area contributed by atoms with Crippen molar-refractivity contribution in [3.8, 4) is 11.5 Å². The summed E-state index contributed by atoms with van der Waals surface area (Å²) in [5.41, 5.74) is 0.955. The average molecular weight is 341 g/mol. The third kappa shape index (κ3) is 9.10. The van der Waals surface area contributed by atoms with Crippen molar-refractivity contribution in [3.63, 3.8) is 0 Å². The third-order valence-corrected chi connectivity index (χ3v) is 4.80. The number of unbranched alkanes of at least 4 members (excludes halogenated alkanes) is 11. The first-order chi connectivity index (χ1) is 11.1. The van der Waals surface area contributed by atoms with Gasteiger partial charge in [0.25, 0.3) is 0 Å². The molecule has 3 heteroatoms. The lowest BCUT2D eigenvalue weighted by Gasteiger charge is -2.06. The van der Waals surface area contributed by atoms with Gasteiger partial charge in [0.05, 0.1) is 0 Å². The summed E-state index contributed by atoms with van der Waals surface area (Å²) in [7, 11) is 0. The van der Waals surface area contributed by atoms with Crippen LogP contribution in [0.25, 0.3) is 0 Å². The van der Waals surface area contributed by atoms with Gasteiger partial charge in [0.2, 0.25) is 0 Å². The van der Waals surface area contributed by atoms with Gasteiger partial charge in [-0.15, -0.1) is 0 Å². The van der Waals surface area contributed by atoms with Crippen LogP contribution in [-0.2, 0) is 6.42 Å². The molecule has 0 aromatic heterocycles. The molecule has 0 aliphatic carbocycles. The first-order valence-corrected chi connectivity index (χ1v) is 9.73. The van der Waals surface area contributed by atoms with Crippen LogP contribution < -0.4 is 0 Å². The van der Waals surface area contributed by atoms with E-state index in [4.69, 9.17) is 11.6 Å². The van der Waals surface area contributed by atoms with Gasteiger partial charge < -0.3 is 10.2 Å². The highest BCUT2D eigenvalue weighted by atomic mass is 35.5. The Balaban J connectivity index is 1.96. The maximum atomic E-state index is 9.58. The molecular formula is C20H33ClO2. The topological polar surface area (TPSA) is 40.5 Å². The van der Waals surface area contributed by atoms with Crippen LogP contribution in [-0.4, -0.2) is 10.2 Å². The summed E-state index contributed by atoms with van der Waals surface area (Å²) in [6.07, 6.45) is 16.9. The minimum atomic E-state index is -0.0272. The minimum absolute atomic E-state index is 0.0272. The second-order valence-electron chi connectivity index (χ2n) is 6.59. The normalized spacial score (nSPS) is 11.0. The summed E-state index contributed by atoms with van der Waals surface area (Å²) in [6.45, 7) is 2.26. The SMILES string of the molecule is CCCCCCCCCCCCCCc1cc(O)c(Cl)c(O)c1. The predicted molar refractivity (Wildman–Crippen MR) is 99.6 cm³/mol. The Morgan fingerprint density at radius 2 is 1.09 bits per heavy atom. The van der Waals surface area contributed by atoms with E-state index < -0.39 is 0 Å². The summed E-state index contributed by atoms with van der Waals surface area (Å²) in [6, 6.07) is 3.31. The minimum Gasteiger partial charge on any atom is -0.506 e. The van der Waals surface area contributed by atoms with Crippen LogP contribution in [0, 0.1) is 0 Å². The van der Waals surface area contributed by atoms with E-state index in [9.17, 15) is 10.2 Å². The molecule has 0 fully saturated rings. The van der Waals surface area contributed by atoms with Crippen LogP contribution in [0.15, 0.2) is 12.1 Å². The zero-order valence-corrected chi connectivity index (χ0v) is 15.4. The number of aromatic hydroxyl groups is 2. The van der Waals surface area contributed by atoms with Crippen molar-refractivity contribution in [1.82, 2.24) is 0 Å². The zero-order valence-electron chi connectivity index (χ0n) is 14.6. The first-order valence-electron chi connectivity index (χ1n) is 9.35. The summed E-state index contributed by atoms with van der Waals surface area (Å²) in [4.78, 5) is 0.